The number of nitrogens with zero attached hydrogens (tertiary/aromatic N) is 1. The second kappa shape index (κ2) is 4.37. The van der Waals surface area contributed by atoms with Crippen molar-refractivity contribution in [3.05, 3.63) is 23.0 Å². The number of hydrogen-bond acceptors (Lipinski definition) is 1. The average molecular weight is 213 g/mol. The van der Waals surface area contributed by atoms with Crippen LogP contribution in [0.25, 0.3) is 0 Å². The van der Waals surface area contributed by atoms with Crippen LogP contribution in [-0.2, 0) is 13.6 Å². The zero-order chi connectivity index (χ0) is 9.97. The quantitative estimate of drug-likeness (QED) is 0.816. The Labute approximate surface area is 90.3 Å². The molecule has 1 aromatic rings. The molecule has 0 unspecified atom stereocenters. The van der Waals surface area contributed by atoms with E-state index in [1.807, 2.05) is 19.3 Å². The molecule has 1 aromatic heterocycles. The summed E-state index contributed by atoms with van der Waals surface area (Å²) >= 11 is 5.91. The summed E-state index contributed by atoms with van der Waals surface area (Å²) < 4.78 is 2.09. The van der Waals surface area contributed by atoms with Gasteiger partial charge in [0.25, 0.3) is 0 Å². The summed E-state index contributed by atoms with van der Waals surface area (Å²) in [5, 5.41) is 4.40. The van der Waals surface area contributed by atoms with E-state index in [0.717, 1.165) is 17.6 Å². The third-order valence-corrected chi connectivity index (χ3v) is 3.21. The SMILES string of the molecule is Cn1cc(Cl)cc1CNC1CCCC1. The van der Waals surface area contributed by atoms with Crippen LogP contribution in [0.4, 0.5) is 0 Å². The second-order valence-corrected chi connectivity index (χ2v) is 4.56. The van der Waals surface area contributed by atoms with Gasteiger partial charge in [-0.25, -0.2) is 0 Å². The molecule has 0 spiro atoms. The summed E-state index contributed by atoms with van der Waals surface area (Å²) in [7, 11) is 2.04. The fourth-order valence-electron chi connectivity index (χ4n) is 2.12. The molecule has 1 N–H and O–H groups in total. The highest BCUT2D eigenvalue weighted by Gasteiger charge is 2.14. The van der Waals surface area contributed by atoms with E-state index in [0.29, 0.717) is 0 Å². The highest BCUT2D eigenvalue weighted by molar-refractivity contribution is 6.30. The van der Waals surface area contributed by atoms with Crippen LogP contribution in [0.1, 0.15) is 31.4 Å². The van der Waals surface area contributed by atoms with Crippen molar-refractivity contribution in [3.63, 3.8) is 0 Å². The molecule has 1 fully saturated rings. The van der Waals surface area contributed by atoms with Crippen molar-refractivity contribution < 1.29 is 0 Å². The average Bonchev–Trinajstić information content (AvgIpc) is 2.72. The minimum absolute atomic E-state index is 0.726. The zero-order valence-electron chi connectivity index (χ0n) is 8.59. The number of aromatic nitrogens is 1. The van der Waals surface area contributed by atoms with Crippen molar-refractivity contribution >= 4 is 11.6 Å². The van der Waals surface area contributed by atoms with Crippen molar-refractivity contribution in [2.75, 3.05) is 0 Å². The summed E-state index contributed by atoms with van der Waals surface area (Å²) in [4.78, 5) is 0. The summed E-state index contributed by atoms with van der Waals surface area (Å²) in [5.41, 5.74) is 1.27. The first-order valence-electron chi connectivity index (χ1n) is 5.30. The van der Waals surface area contributed by atoms with Crippen molar-refractivity contribution in [3.8, 4) is 0 Å². The van der Waals surface area contributed by atoms with E-state index in [-0.39, 0.29) is 0 Å². The van der Waals surface area contributed by atoms with Gasteiger partial charge in [-0.2, -0.15) is 0 Å². The molecule has 0 bridgehead atoms. The highest BCUT2D eigenvalue weighted by atomic mass is 35.5. The molecule has 3 heteroatoms. The Morgan fingerprint density at radius 2 is 2.21 bits per heavy atom. The third-order valence-electron chi connectivity index (χ3n) is 3.00. The van der Waals surface area contributed by atoms with E-state index >= 15 is 0 Å². The lowest BCUT2D eigenvalue weighted by Gasteiger charge is -2.11. The van der Waals surface area contributed by atoms with Gasteiger partial charge in [-0.1, -0.05) is 24.4 Å². The van der Waals surface area contributed by atoms with Gasteiger partial charge in [0.1, 0.15) is 0 Å². The summed E-state index contributed by atoms with van der Waals surface area (Å²) in [6, 6.07) is 2.76. The Kier molecular flexibility index (Phi) is 3.14. The van der Waals surface area contributed by atoms with Gasteiger partial charge >= 0.3 is 0 Å². The molecule has 2 rings (SSSR count). The Morgan fingerprint density at radius 1 is 1.50 bits per heavy atom. The van der Waals surface area contributed by atoms with Gasteiger partial charge in [0.05, 0.1) is 5.02 Å². The fourth-order valence-corrected chi connectivity index (χ4v) is 2.39. The van der Waals surface area contributed by atoms with Crippen LogP contribution in [0.15, 0.2) is 12.3 Å². The van der Waals surface area contributed by atoms with Gasteiger partial charge in [-0.15, -0.1) is 0 Å². The van der Waals surface area contributed by atoms with Crippen LogP contribution in [0.2, 0.25) is 5.02 Å². The van der Waals surface area contributed by atoms with Gasteiger partial charge in [-0.3, -0.25) is 0 Å². The smallest absolute Gasteiger partial charge is 0.0585 e. The molecule has 78 valence electrons. The normalized spacial score (nSPS) is 17.9. The number of halogens is 1. The molecule has 14 heavy (non-hydrogen) atoms. The summed E-state index contributed by atoms with van der Waals surface area (Å²) in [6.45, 7) is 0.938. The van der Waals surface area contributed by atoms with Gasteiger partial charge in [0.15, 0.2) is 0 Å². The fraction of sp³-hybridized carbons (Fsp3) is 0.636. The van der Waals surface area contributed by atoms with E-state index in [2.05, 4.69) is 9.88 Å². The van der Waals surface area contributed by atoms with Gasteiger partial charge in [-0.05, 0) is 18.9 Å². The topological polar surface area (TPSA) is 17.0 Å². The van der Waals surface area contributed by atoms with E-state index < -0.39 is 0 Å². The largest absolute Gasteiger partial charge is 0.352 e. The lowest BCUT2D eigenvalue weighted by molar-refractivity contribution is 0.513. The van der Waals surface area contributed by atoms with E-state index in [9.17, 15) is 0 Å². The minimum Gasteiger partial charge on any atom is -0.352 e. The lowest BCUT2D eigenvalue weighted by Crippen LogP contribution is -2.26. The van der Waals surface area contributed by atoms with Crippen molar-refractivity contribution in [1.82, 2.24) is 9.88 Å². The molecule has 0 aliphatic heterocycles. The zero-order valence-corrected chi connectivity index (χ0v) is 9.35. The number of nitrogens with one attached hydrogen (secondary N) is 1. The number of rotatable bonds is 3. The van der Waals surface area contributed by atoms with E-state index in [4.69, 9.17) is 11.6 Å². The Morgan fingerprint density at radius 3 is 2.79 bits per heavy atom. The monoisotopic (exact) mass is 212 g/mol. The maximum atomic E-state index is 5.91. The molecular weight excluding hydrogens is 196 g/mol. The molecule has 0 amide bonds. The highest BCUT2D eigenvalue weighted by Crippen LogP contribution is 2.19. The Balaban J connectivity index is 1.87. The Hall–Kier alpha value is -0.470. The van der Waals surface area contributed by atoms with Crippen LogP contribution in [-0.4, -0.2) is 10.6 Å². The summed E-state index contributed by atoms with van der Waals surface area (Å²) in [6.07, 6.45) is 7.38. The molecule has 0 saturated heterocycles. The molecular formula is C11H17ClN2. The van der Waals surface area contributed by atoms with Crippen LogP contribution in [0.3, 0.4) is 0 Å². The van der Waals surface area contributed by atoms with Crippen LogP contribution < -0.4 is 5.32 Å². The first-order chi connectivity index (χ1) is 6.75. The van der Waals surface area contributed by atoms with Crippen LogP contribution >= 0.6 is 11.6 Å². The summed E-state index contributed by atoms with van der Waals surface area (Å²) in [5.74, 6) is 0. The Bertz CT molecular complexity index is 300. The third kappa shape index (κ3) is 2.31. The molecule has 1 aliphatic rings. The van der Waals surface area contributed by atoms with Gasteiger partial charge < -0.3 is 9.88 Å². The van der Waals surface area contributed by atoms with Crippen LogP contribution in [0.5, 0.6) is 0 Å². The standard InChI is InChI=1S/C11H17ClN2/c1-14-8-9(12)6-11(14)7-13-10-4-2-3-5-10/h6,8,10,13H,2-5,7H2,1H3. The number of aryl methyl sites for hydroxylation is 1. The first kappa shape index (κ1) is 10.1. The molecule has 1 aliphatic carbocycles. The number of hydrogen-bond donors (Lipinski definition) is 1. The molecule has 1 saturated carbocycles. The predicted octanol–water partition coefficient (Wildman–Crippen LogP) is 2.71. The molecule has 2 nitrogen and oxygen atoms in total. The van der Waals surface area contributed by atoms with Crippen LogP contribution in [0, 0.1) is 0 Å². The first-order valence-corrected chi connectivity index (χ1v) is 5.67. The molecule has 1 heterocycles. The molecule has 0 aromatic carbocycles. The van der Waals surface area contributed by atoms with Gasteiger partial charge in [0.2, 0.25) is 0 Å². The van der Waals surface area contributed by atoms with Crippen molar-refractivity contribution in [2.24, 2.45) is 7.05 Å². The van der Waals surface area contributed by atoms with Gasteiger partial charge in [0, 0.05) is 31.5 Å². The van der Waals surface area contributed by atoms with E-state index in [1.54, 1.807) is 0 Å². The van der Waals surface area contributed by atoms with Crippen molar-refractivity contribution in [2.45, 2.75) is 38.3 Å². The predicted molar refractivity (Wildman–Crippen MR) is 59.5 cm³/mol. The second-order valence-electron chi connectivity index (χ2n) is 4.12. The maximum Gasteiger partial charge on any atom is 0.0585 e. The maximum absolute atomic E-state index is 5.91. The molecule has 0 atom stereocenters. The lowest BCUT2D eigenvalue weighted by atomic mass is 10.2. The minimum atomic E-state index is 0.726. The van der Waals surface area contributed by atoms with E-state index in [1.165, 1.54) is 31.4 Å². The molecule has 0 radical (unpaired) electrons. The van der Waals surface area contributed by atoms with Crippen molar-refractivity contribution in [1.29, 1.82) is 0 Å².